The smallest absolute Gasteiger partial charge is 0.265 e. The van der Waals surface area contributed by atoms with Crippen molar-refractivity contribution in [3.8, 4) is 0 Å². The molecule has 0 aromatic heterocycles. The molecule has 96 valence electrons. The van der Waals surface area contributed by atoms with E-state index in [2.05, 4.69) is 5.29 Å². The van der Waals surface area contributed by atoms with E-state index in [1.54, 1.807) is 30.3 Å². The van der Waals surface area contributed by atoms with E-state index < -0.39 is 5.91 Å². The summed E-state index contributed by atoms with van der Waals surface area (Å²) in [7, 11) is 0. The topological polar surface area (TPSA) is 59.0 Å². The monoisotopic (exact) mass is 256 g/mol. The molecule has 0 heterocycles. The molecule has 2 aromatic rings. The molecule has 5 heteroatoms. The maximum Gasteiger partial charge on any atom is 0.302 e. The van der Waals surface area contributed by atoms with Crippen molar-refractivity contribution in [2.75, 3.05) is 0 Å². The van der Waals surface area contributed by atoms with E-state index >= 15 is 0 Å². The number of nitrogens with zero attached hydrogens (tertiary/aromatic N) is 2. The third kappa shape index (κ3) is 3.46. The van der Waals surface area contributed by atoms with Gasteiger partial charge in [-0.05, 0) is 17.7 Å². The first kappa shape index (κ1) is 12.9. The Morgan fingerprint density at radius 2 is 1.58 bits per heavy atom. The molecule has 19 heavy (non-hydrogen) atoms. The molecule has 0 spiro atoms. The number of carbonyl (C=O) groups excluding carboxylic acids is 1. The van der Waals surface area contributed by atoms with Crippen LogP contribution in [-0.2, 0) is 11.4 Å². The van der Waals surface area contributed by atoms with Crippen molar-refractivity contribution >= 4 is 5.91 Å². The molecule has 0 radical (unpaired) electrons. The van der Waals surface area contributed by atoms with Crippen LogP contribution in [0.1, 0.15) is 15.9 Å². The Morgan fingerprint density at radius 1 is 1.00 bits per heavy atom. The minimum atomic E-state index is -0.591. The van der Waals surface area contributed by atoms with Crippen LogP contribution >= 0.6 is 0 Å². The molecule has 0 aliphatic rings. The van der Waals surface area contributed by atoms with Gasteiger partial charge in [-0.2, -0.15) is 0 Å². The Bertz CT molecular complexity index is 543. The van der Waals surface area contributed by atoms with E-state index in [1.165, 1.54) is 0 Å². The summed E-state index contributed by atoms with van der Waals surface area (Å²) in [6.45, 7) is 0.102. The molecule has 0 atom stereocenters. The molecule has 0 aliphatic carbocycles. The van der Waals surface area contributed by atoms with Gasteiger partial charge in [0.05, 0.1) is 5.29 Å². The van der Waals surface area contributed by atoms with Gasteiger partial charge >= 0.3 is 5.91 Å². The van der Waals surface area contributed by atoms with Gasteiger partial charge in [0, 0.05) is 5.56 Å². The fourth-order valence-electron chi connectivity index (χ4n) is 1.52. The van der Waals surface area contributed by atoms with Crippen molar-refractivity contribution in [1.29, 1.82) is 0 Å². The highest BCUT2D eigenvalue weighted by Gasteiger charge is 2.17. The van der Waals surface area contributed by atoms with Crippen LogP contribution < -0.4 is 0 Å². The first-order valence-electron chi connectivity index (χ1n) is 5.71. The molecular formula is C14H12N2O3. The summed E-state index contributed by atoms with van der Waals surface area (Å²) >= 11 is 0. The number of benzene rings is 2. The van der Waals surface area contributed by atoms with Gasteiger partial charge in [0.25, 0.3) is 0 Å². The molecule has 0 fully saturated rings. The highest BCUT2D eigenvalue weighted by molar-refractivity contribution is 5.93. The maximum atomic E-state index is 11.9. The normalized spacial score (nSPS) is 9.89. The fraction of sp³-hybridized carbons (Fsp3) is 0.0714. The predicted octanol–water partition coefficient (Wildman–Crippen LogP) is 2.94. The minimum absolute atomic E-state index is 0.102. The van der Waals surface area contributed by atoms with E-state index in [-0.39, 0.29) is 6.61 Å². The molecule has 0 bridgehead atoms. The van der Waals surface area contributed by atoms with Crippen molar-refractivity contribution in [2.45, 2.75) is 6.61 Å². The van der Waals surface area contributed by atoms with Gasteiger partial charge < -0.3 is 0 Å². The lowest BCUT2D eigenvalue weighted by molar-refractivity contribution is -0.134. The lowest BCUT2D eigenvalue weighted by Gasteiger charge is -2.12. The van der Waals surface area contributed by atoms with Gasteiger partial charge in [-0.3, -0.25) is 4.79 Å². The third-order valence-electron chi connectivity index (χ3n) is 2.46. The first-order valence-corrected chi connectivity index (χ1v) is 5.71. The van der Waals surface area contributed by atoms with Gasteiger partial charge in [0.1, 0.15) is 6.61 Å². The van der Waals surface area contributed by atoms with Gasteiger partial charge in [0.15, 0.2) is 0 Å². The van der Waals surface area contributed by atoms with Crippen molar-refractivity contribution in [3.63, 3.8) is 0 Å². The molecule has 0 unspecified atom stereocenters. The molecule has 2 aromatic carbocycles. The molecular weight excluding hydrogens is 244 g/mol. The average Bonchev–Trinajstić information content (AvgIpc) is 2.49. The number of amides is 1. The van der Waals surface area contributed by atoms with E-state index in [0.29, 0.717) is 10.7 Å². The highest BCUT2D eigenvalue weighted by atomic mass is 16.7. The van der Waals surface area contributed by atoms with Crippen molar-refractivity contribution in [1.82, 2.24) is 5.17 Å². The first-order chi connectivity index (χ1) is 9.31. The largest absolute Gasteiger partial charge is 0.302 e. The van der Waals surface area contributed by atoms with E-state index in [4.69, 9.17) is 4.84 Å². The fourth-order valence-corrected chi connectivity index (χ4v) is 1.52. The Morgan fingerprint density at radius 3 is 2.16 bits per heavy atom. The number of rotatable bonds is 5. The Labute approximate surface area is 110 Å². The number of nitroso groups, excluding NO2 is 1. The highest BCUT2D eigenvalue weighted by Crippen LogP contribution is 2.08. The second-order valence-corrected chi connectivity index (χ2v) is 3.78. The van der Waals surface area contributed by atoms with Crippen LogP contribution in [0.3, 0.4) is 0 Å². The number of hydrogen-bond acceptors (Lipinski definition) is 4. The van der Waals surface area contributed by atoms with Gasteiger partial charge in [0.2, 0.25) is 0 Å². The van der Waals surface area contributed by atoms with Crippen molar-refractivity contribution in [2.24, 2.45) is 5.29 Å². The van der Waals surface area contributed by atoms with E-state index in [9.17, 15) is 9.70 Å². The van der Waals surface area contributed by atoms with Crippen LogP contribution in [0.4, 0.5) is 0 Å². The summed E-state index contributed by atoms with van der Waals surface area (Å²) in [5, 5.41) is 3.05. The SMILES string of the molecule is O=NN(OCc1ccccc1)C(=O)c1ccccc1. The number of hydrogen-bond donors (Lipinski definition) is 0. The summed E-state index contributed by atoms with van der Waals surface area (Å²) in [6.07, 6.45) is 0. The summed E-state index contributed by atoms with van der Waals surface area (Å²) in [5.74, 6) is -0.591. The van der Waals surface area contributed by atoms with Crippen LogP contribution in [0.25, 0.3) is 0 Å². The van der Waals surface area contributed by atoms with Gasteiger partial charge in [-0.1, -0.05) is 53.7 Å². The molecule has 5 nitrogen and oxygen atoms in total. The van der Waals surface area contributed by atoms with Crippen LogP contribution in [0.2, 0.25) is 0 Å². The molecule has 0 N–H and O–H groups in total. The summed E-state index contributed by atoms with van der Waals surface area (Å²) in [6, 6.07) is 17.6. The zero-order chi connectivity index (χ0) is 13.5. The quantitative estimate of drug-likeness (QED) is 0.610. The lowest BCUT2D eigenvalue weighted by atomic mass is 10.2. The van der Waals surface area contributed by atoms with Crippen LogP contribution in [0.15, 0.2) is 65.9 Å². The maximum absolute atomic E-state index is 11.9. The molecule has 2 rings (SSSR count). The van der Waals surface area contributed by atoms with E-state index in [1.807, 2.05) is 30.3 Å². The van der Waals surface area contributed by atoms with Crippen LogP contribution in [0, 0.1) is 4.91 Å². The third-order valence-corrected chi connectivity index (χ3v) is 2.46. The number of hydroxylamine groups is 1. The van der Waals surface area contributed by atoms with Crippen LogP contribution in [-0.4, -0.2) is 11.1 Å². The standard InChI is InChI=1S/C14H12N2O3/c17-14(13-9-5-2-6-10-13)16(15-18)19-11-12-7-3-1-4-8-12/h1-10H,11H2. The average molecular weight is 256 g/mol. The van der Waals surface area contributed by atoms with Gasteiger partial charge in [-0.15, -0.1) is 4.91 Å². The summed E-state index contributed by atoms with van der Waals surface area (Å²) in [5.41, 5.74) is 1.19. The molecule has 1 amide bonds. The zero-order valence-corrected chi connectivity index (χ0v) is 10.1. The van der Waals surface area contributed by atoms with Crippen molar-refractivity contribution in [3.05, 3.63) is 76.7 Å². The molecule has 0 saturated carbocycles. The van der Waals surface area contributed by atoms with Crippen LogP contribution in [0.5, 0.6) is 0 Å². The second kappa shape index (κ2) is 6.42. The van der Waals surface area contributed by atoms with E-state index in [0.717, 1.165) is 5.56 Å². The van der Waals surface area contributed by atoms with Crippen molar-refractivity contribution < 1.29 is 9.63 Å². The predicted molar refractivity (Wildman–Crippen MR) is 69.6 cm³/mol. The Balaban J connectivity index is 2.01. The second-order valence-electron chi connectivity index (χ2n) is 3.78. The number of carbonyl (C=O) groups is 1. The summed E-state index contributed by atoms with van der Waals surface area (Å²) in [4.78, 5) is 27.7. The minimum Gasteiger partial charge on any atom is -0.265 e. The molecule has 0 aliphatic heterocycles. The Hall–Kier alpha value is -2.53. The Kier molecular flexibility index (Phi) is 4.36. The zero-order valence-electron chi connectivity index (χ0n) is 10.1. The summed E-state index contributed by atoms with van der Waals surface area (Å²) < 4.78 is 0. The lowest BCUT2D eigenvalue weighted by Crippen LogP contribution is -2.25. The van der Waals surface area contributed by atoms with Gasteiger partial charge in [-0.25, -0.2) is 4.84 Å². The molecule has 0 saturated heterocycles.